The van der Waals surface area contributed by atoms with Crippen molar-refractivity contribution in [2.75, 3.05) is 10.6 Å². The predicted molar refractivity (Wildman–Crippen MR) is 126 cm³/mol. The standard InChI is InChI=1S/C24H37N5O3/c1-7-14(2)18(20(30)25-15-12-23(3,4)29-24(5,6)13-15)28-22(32)19-21(31)27-17-11-9-8-10-16(17)26-19/h8-11,14-15,18-19,26,29H,7,12-13H2,1-6H3,(H,25,30)(H,27,31)(H,28,32)/t14-,18-,19-/m0/s1. The molecule has 1 saturated heterocycles. The van der Waals surface area contributed by atoms with Crippen LogP contribution in [-0.4, -0.2) is 46.9 Å². The second kappa shape index (κ2) is 9.10. The van der Waals surface area contributed by atoms with Crippen molar-refractivity contribution in [3.63, 3.8) is 0 Å². The van der Waals surface area contributed by atoms with Crippen LogP contribution in [0.3, 0.4) is 0 Å². The highest BCUT2D eigenvalue weighted by Gasteiger charge is 2.40. The van der Waals surface area contributed by atoms with Crippen molar-refractivity contribution >= 4 is 29.1 Å². The lowest BCUT2D eigenvalue weighted by atomic mass is 9.79. The van der Waals surface area contributed by atoms with E-state index in [1.807, 2.05) is 26.0 Å². The van der Waals surface area contributed by atoms with Crippen molar-refractivity contribution in [3.05, 3.63) is 24.3 Å². The van der Waals surface area contributed by atoms with Gasteiger partial charge in [0.1, 0.15) is 6.04 Å². The molecule has 0 aliphatic carbocycles. The van der Waals surface area contributed by atoms with E-state index in [0.717, 1.165) is 12.8 Å². The molecule has 0 bridgehead atoms. The molecule has 0 radical (unpaired) electrons. The zero-order chi connectivity index (χ0) is 23.7. The quantitative estimate of drug-likeness (QED) is 0.434. The molecule has 0 aromatic heterocycles. The Balaban J connectivity index is 1.70. The van der Waals surface area contributed by atoms with Crippen molar-refractivity contribution in [2.24, 2.45) is 5.92 Å². The molecule has 8 nitrogen and oxygen atoms in total. The summed E-state index contributed by atoms with van der Waals surface area (Å²) < 4.78 is 0. The molecule has 1 aromatic carbocycles. The zero-order valence-electron chi connectivity index (χ0n) is 20.0. The van der Waals surface area contributed by atoms with Gasteiger partial charge in [-0.1, -0.05) is 32.4 Å². The van der Waals surface area contributed by atoms with E-state index in [4.69, 9.17) is 0 Å². The third kappa shape index (κ3) is 5.59. The summed E-state index contributed by atoms with van der Waals surface area (Å²) in [5.41, 5.74) is 1.10. The van der Waals surface area contributed by atoms with E-state index in [1.165, 1.54) is 0 Å². The molecule has 3 rings (SSSR count). The molecule has 2 aliphatic rings. The van der Waals surface area contributed by atoms with Crippen LogP contribution < -0.4 is 26.6 Å². The Hall–Kier alpha value is -2.61. The number of hydrogen-bond donors (Lipinski definition) is 5. The van der Waals surface area contributed by atoms with Crippen molar-refractivity contribution in [2.45, 2.75) is 90.0 Å². The maximum Gasteiger partial charge on any atom is 0.256 e. The first-order chi connectivity index (χ1) is 14.9. The number of carbonyl (C=O) groups excluding carboxylic acids is 3. The number of fused-ring (bicyclic) bond motifs is 1. The van der Waals surface area contributed by atoms with Crippen molar-refractivity contribution < 1.29 is 14.4 Å². The van der Waals surface area contributed by atoms with Gasteiger partial charge in [0, 0.05) is 17.1 Å². The number of piperidine rings is 1. The first kappa shape index (κ1) is 24.0. The van der Waals surface area contributed by atoms with Crippen LogP contribution in [0.5, 0.6) is 0 Å². The van der Waals surface area contributed by atoms with Gasteiger partial charge >= 0.3 is 0 Å². The van der Waals surface area contributed by atoms with Crippen molar-refractivity contribution in [3.8, 4) is 0 Å². The summed E-state index contributed by atoms with van der Waals surface area (Å²) in [5.74, 6) is -1.24. The molecular formula is C24H37N5O3. The normalized spacial score (nSPS) is 23.7. The minimum atomic E-state index is -1.10. The zero-order valence-corrected chi connectivity index (χ0v) is 20.0. The Morgan fingerprint density at radius 1 is 1.09 bits per heavy atom. The lowest BCUT2D eigenvalue weighted by Crippen LogP contribution is -2.64. The van der Waals surface area contributed by atoms with Crippen LogP contribution in [0.15, 0.2) is 24.3 Å². The average molecular weight is 444 g/mol. The van der Waals surface area contributed by atoms with E-state index in [0.29, 0.717) is 17.8 Å². The number of amides is 3. The molecule has 176 valence electrons. The van der Waals surface area contributed by atoms with Gasteiger partial charge in [-0.25, -0.2) is 0 Å². The van der Waals surface area contributed by atoms with Crippen molar-refractivity contribution in [1.29, 1.82) is 0 Å². The number of benzene rings is 1. The molecule has 2 heterocycles. The topological polar surface area (TPSA) is 111 Å². The molecule has 2 aliphatic heterocycles. The van der Waals surface area contributed by atoms with Crippen LogP contribution in [0.2, 0.25) is 0 Å². The Morgan fingerprint density at radius 2 is 1.69 bits per heavy atom. The van der Waals surface area contributed by atoms with Gasteiger partial charge in [0.25, 0.3) is 11.8 Å². The third-order valence-corrected chi connectivity index (χ3v) is 6.34. The van der Waals surface area contributed by atoms with E-state index in [-0.39, 0.29) is 28.9 Å². The minimum Gasteiger partial charge on any atom is -0.364 e. The smallest absolute Gasteiger partial charge is 0.256 e. The molecule has 1 aromatic rings. The van der Waals surface area contributed by atoms with Crippen LogP contribution in [0.25, 0.3) is 0 Å². The summed E-state index contributed by atoms with van der Waals surface area (Å²) >= 11 is 0. The summed E-state index contributed by atoms with van der Waals surface area (Å²) in [6, 6.07) is 5.39. The maximum atomic E-state index is 13.3. The van der Waals surface area contributed by atoms with Crippen LogP contribution >= 0.6 is 0 Å². The van der Waals surface area contributed by atoms with Gasteiger partial charge in [-0.3, -0.25) is 14.4 Å². The summed E-state index contributed by atoms with van der Waals surface area (Å²) in [4.78, 5) is 38.8. The number of para-hydroxylation sites is 2. The van der Waals surface area contributed by atoms with Gasteiger partial charge in [-0.15, -0.1) is 0 Å². The maximum absolute atomic E-state index is 13.3. The predicted octanol–water partition coefficient (Wildman–Crippen LogP) is 2.38. The first-order valence-electron chi connectivity index (χ1n) is 11.5. The van der Waals surface area contributed by atoms with Gasteiger partial charge in [-0.2, -0.15) is 0 Å². The molecule has 0 saturated carbocycles. The van der Waals surface area contributed by atoms with E-state index in [2.05, 4.69) is 54.3 Å². The van der Waals surface area contributed by atoms with Gasteiger partial charge in [0.2, 0.25) is 5.91 Å². The highest BCUT2D eigenvalue weighted by atomic mass is 16.2. The molecule has 0 unspecified atom stereocenters. The summed E-state index contributed by atoms with van der Waals surface area (Å²) in [6.07, 6.45) is 2.31. The van der Waals surface area contributed by atoms with E-state index < -0.39 is 23.9 Å². The summed E-state index contributed by atoms with van der Waals surface area (Å²) in [6.45, 7) is 12.4. The SMILES string of the molecule is CC[C@H](C)[C@H](NC(=O)[C@H]1Nc2ccccc2NC1=O)C(=O)NC1CC(C)(C)NC(C)(C)C1. The number of carbonyl (C=O) groups is 3. The fourth-order valence-electron chi connectivity index (χ4n) is 4.98. The van der Waals surface area contributed by atoms with Gasteiger partial charge in [-0.05, 0) is 58.6 Å². The molecule has 3 amide bonds. The van der Waals surface area contributed by atoms with Gasteiger partial charge in [0.05, 0.1) is 11.4 Å². The molecule has 3 atom stereocenters. The Bertz CT molecular complexity index is 866. The second-order valence-corrected chi connectivity index (χ2v) is 10.5. The lowest BCUT2D eigenvalue weighted by molar-refractivity contribution is -0.133. The highest BCUT2D eigenvalue weighted by Crippen LogP contribution is 2.29. The van der Waals surface area contributed by atoms with E-state index >= 15 is 0 Å². The number of anilines is 2. The number of hydrogen-bond acceptors (Lipinski definition) is 5. The van der Waals surface area contributed by atoms with Gasteiger partial charge < -0.3 is 26.6 Å². The van der Waals surface area contributed by atoms with Gasteiger partial charge in [0.15, 0.2) is 6.04 Å². The minimum absolute atomic E-state index is 0.000175. The third-order valence-electron chi connectivity index (χ3n) is 6.34. The number of rotatable bonds is 6. The fourth-order valence-corrected chi connectivity index (χ4v) is 4.98. The molecular weight excluding hydrogens is 406 g/mol. The van der Waals surface area contributed by atoms with Crippen LogP contribution in [0, 0.1) is 5.92 Å². The number of nitrogens with one attached hydrogen (secondary N) is 5. The summed E-state index contributed by atoms with van der Waals surface area (Å²) in [5, 5.41) is 15.4. The Morgan fingerprint density at radius 3 is 2.28 bits per heavy atom. The molecule has 1 fully saturated rings. The monoisotopic (exact) mass is 443 g/mol. The summed E-state index contributed by atoms with van der Waals surface area (Å²) in [7, 11) is 0. The Kier molecular flexibility index (Phi) is 6.83. The second-order valence-electron chi connectivity index (χ2n) is 10.5. The lowest BCUT2D eigenvalue weighted by Gasteiger charge is -2.47. The van der Waals surface area contributed by atoms with Crippen molar-refractivity contribution in [1.82, 2.24) is 16.0 Å². The first-order valence-corrected chi connectivity index (χ1v) is 11.5. The fraction of sp³-hybridized carbons (Fsp3) is 0.625. The Labute approximate surface area is 190 Å². The average Bonchev–Trinajstić information content (AvgIpc) is 2.68. The van der Waals surface area contributed by atoms with E-state index in [1.54, 1.807) is 12.1 Å². The van der Waals surface area contributed by atoms with E-state index in [9.17, 15) is 14.4 Å². The highest BCUT2D eigenvalue weighted by molar-refractivity contribution is 6.16. The van der Waals surface area contributed by atoms with Crippen LogP contribution in [0.4, 0.5) is 11.4 Å². The van der Waals surface area contributed by atoms with Crippen LogP contribution in [-0.2, 0) is 14.4 Å². The van der Waals surface area contributed by atoms with Crippen LogP contribution in [0.1, 0.15) is 60.8 Å². The largest absolute Gasteiger partial charge is 0.364 e. The molecule has 5 N–H and O–H groups in total. The molecule has 0 spiro atoms. The molecule has 8 heteroatoms. The molecule has 32 heavy (non-hydrogen) atoms.